The van der Waals surface area contributed by atoms with Crippen molar-refractivity contribution in [3.05, 3.63) is 70.0 Å². The van der Waals surface area contributed by atoms with E-state index in [2.05, 4.69) is 35.1 Å². The van der Waals surface area contributed by atoms with Crippen LogP contribution in [0.3, 0.4) is 0 Å². The number of carboxylic acids is 1. The number of nitrogens with zero attached hydrogens (tertiary/aromatic N) is 9. The number of rotatable bonds is 13. The zero-order valence-electron chi connectivity index (χ0n) is 27.6. The molecule has 264 valence electrons. The van der Waals surface area contributed by atoms with Crippen LogP contribution in [0.15, 0.2) is 47.4 Å². The minimum absolute atomic E-state index is 0. The van der Waals surface area contributed by atoms with Gasteiger partial charge in [0.15, 0.2) is 58.4 Å². The molecule has 2 aliphatic heterocycles. The number of benzene rings is 1. The molecule has 0 radical (unpaired) electrons. The van der Waals surface area contributed by atoms with E-state index in [9.17, 15) is 34.5 Å². The fourth-order valence-electron chi connectivity index (χ4n) is 5.21. The monoisotopic (exact) mass is 776 g/mol. The number of pyridine rings is 1. The number of carboxylic acid groups (broad SMARTS) is 1. The number of Topliss-reactive ketones (excluding diaryl/α,β-unsaturated/α-hetero) is 2. The van der Waals surface area contributed by atoms with Crippen molar-refractivity contribution in [2.75, 3.05) is 11.5 Å². The number of β-lactam (4-membered cyclic amide) rings is 1. The van der Waals surface area contributed by atoms with Crippen LogP contribution < -0.4 is 50.1 Å². The van der Waals surface area contributed by atoms with Crippen molar-refractivity contribution in [2.45, 2.75) is 44.2 Å². The molecule has 1 saturated heterocycles. The molecule has 52 heavy (non-hydrogen) atoms. The number of anilines is 1. The van der Waals surface area contributed by atoms with E-state index in [1.807, 2.05) is 4.57 Å². The van der Waals surface area contributed by atoms with Crippen molar-refractivity contribution < 1.29 is 73.5 Å². The maximum atomic E-state index is 13.7. The van der Waals surface area contributed by atoms with E-state index in [4.69, 9.17) is 22.2 Å². The second kappa shape index (κ2) is 15.6. The van der Waals surface area contributed by atoms with Crippen molar-refractivity contribution in [1.82, 2.24) is 34.9 Å². The van der Waals surface area contributed by atoms with Gasteiger partial charge in [-0.05, 0) is 31.5 Å². The number of hydrogen-bond donors (Lipinski definition) is 3. The minimum atomic E-state index is -1.88. The third kappa shape index (κ3) is 7.81. The number of carbonyl (C=O) groups excluding carboxylic acids is 4. The van der Waals surface area contributed by atoms with Crippen LogP contribution in [-0.2, 0) is 32.2 Å². The first-order valence-electron chi connectivity index (χ1n) is 14.9. The summed E-state index contributed by atoms with van der Waals surface area (Å²) in [5.74, 6) is -4.38. The Labute approximate surface area is 329 Å². The predicted molar refractivity (Wildman–Crippen MR) is 177 cm³/mol. The topological polar surface area (TPSA) is 265 Å². The number of amides is 1. The Kier molecular flexibility index (Phi) is 11.7. The Hall–Kier alpha value is -4.47. The van der Waals surface area contributed by atoms with Crippen LogP contribution in [0.4, 0.5) is 5.13 Å². The van der Waals surface area contributed by atoms with Gasteiger partial charge >= 0.3 is 29.6 Å². The summed E-state index contributed by atoms with van der Waals surface area (Å²) >= 11 is 8.28. The van der Waals surface area contributed by atoms with Gasteiger partial charge in [-0.2, -0.15) is 14.6 Å². The van der Waals surface area contributed by atoms with E-state index in [1.165, 1.54) is 42.6 Å². The predicted octanol–water partition coefficient (Wildman–Crippen LogP) is -3.10. The van der Waals surface area contributed by atoms with E-state index < -0.39 is 46.1 Å². The average molecular weight is 777 g/mol. The van der Waals surface area contributed by atoms with Gasteiger partial charge in [0, 0.05) is 53.4 Å². The van der Waals surface area contributed by atoms with E-state index in [1.54, 1.807) is 24.5 Å². The molecule has 4 N–H and O–H groups in total. The molecule has 0 bridgehead atoms. The smallest absolute Gasteiger partial charge is 0.546 e. The molecular formula is C30H26ClN10NaO8S2. The molecule has 0 saturated carbocycles. The summed E-state index contributed by atoms with van der Waals surface area (Å²) in [6, 6.07) is 6.02. The number of thioether (sulfide) groups is 1. The number of phenolic OH excluding ortho intramolecular Hbond substituents is 2. The molecule has 0 aliphatic carbocycles. The van der Waals surface area contributed by atoms with Gasteiger partial charge in [0.25, 0.3) is 0 Å². The maximum Gasteiger partial charge on any atom is 1.00 e. The van der Waals surface area contributed by atoms with Gasteiger partial charge in [-0.1, -0.05) is 16.8 Å². The van der Waals surface area contributed by atoms with Crippen molar-refractivity contribution in [1.29, 1.82) is 0 Å². The molecule has 18 nitrogen and oxygen atoms in total. The summed E-state index contributed by atoms with van der Waals surface area (Å²) in [5.41, 5.74) is 5.34. The quantitative estimate of drug-likeness (QED) is 0.0231. The van der Waals surface area contributed by atoms with E-state index >= 15 is 0 Å². The number of aromatic nitrogens is 7. The van der Waals surface area contributed by atoms with Crippen LogP contribution in [0.25, 0.3) is 5.70 Å². The third-order valence-corrected chi connectivity index (χ3v) is 10.3. The van der Waals surface area contributed by atoms with Crippen molar-refractivity contribution >= 4 is 74.9 Å². The number of nitrogens with two attached hydrogens (primary N) is 1. The standard InChI is InChI=1S/C30H27ClN10O8S2.Na/c1-30(2,28(47)48)49-36-21(24-33-29(32)51-37-24)19(44)10-16-26(46)41-22(25-34-38-39-35-25)14(12-50-27(16)41)11-40-7-5-13(6-8-40)9-18(43)15-3-4-17(42)23(45)20(15)31;/h3-8,16,27H,9-12H2,1-2H3,(H5-,32,33,34,35,36,37,38,39,42,43,44,45,47,48);/q;+1/p-1/t16-,27-;/m1./s1. The number of phenols is 2. The van der Waals surface area contributed by atoms with Crippen LogP contribution in [0.1, 0.15) is 47.8 Å². The van der Waals surface area contributed by atoms with Crippen molar-refractivity contribution in [3.8, 4) is 11.5 Å². The van der Waals surface area contributed by atoms with Gasteiger partial charge in [0.05, 0.1) is 33.8 Å². The fourth-order valence-corrected chi connectivity index (χ4v) is 7.32. The summed E-state index contributed by atoms with van der Waals surface area (Å²) in [6.07, 6.45) is 3.18. The first-order chi connectivity index (χ1) is 24.2. The molecule has 4 aromatic rings. The van der Waals surface area contributed by atoms with Crippen LogP contribution >= 0.6 is 34.9 Å². The van der Waals surface area contributed by atoms with Crippen LogP contribution in [0, 0.1) is 5.92 Å². The van der Waals surface area contributed by atoms with Crippen LogP contribution in [0.5, 0.6) is 11.5 Å². The third-order valence-electron chi connectivity index (χ3n) is 7.96. The van der Waals surface area contributed by atoms with Crippen molar-refractivity contribution in [3.63, 3.8) is 0 Å². The zero-order chi connectivity index (χ0) is 36.6. The molecule has 0 spiro atoms. The molecule has 1 fully saturated rings. The number of tetrazole rings is 1. The Balaban J connectivity index is 0.00000523. The molecule has 3 aromatic heterocycles. The summed E-state index contributed by atoms with van der Waals surface area (Å²) in [7, 11) is 0. The van der Waals surface area contributed by atoms with Gasteiger partial charge in [0.2, 0.25) is 11.7 Å². The number of aromatic hydroxyl groups is 2. The number of nitrogen functional groups attached to an aromatic ring is 1. The number of ketones is 2. The van der Waals surface area contributed by atoms with Crippen molar-refractivity contribution in [2.24, 2.45) is 11.1 Å². The number of oxime groups is 1. The Morgan fingerprint density at radius 2 is 1.96 bits per heavy atom. The summed E-state index contributed by atoms with van der Waals surface area (Å²) < 4.78 is 5.84. The van der Waals surface area contributed by atoms with E-state index in [-0.39, 0.29) is 81.3 Å². The maximum absolute atomic E-state index is 13.7. The second-order valence-electron chi connectivity index (χ2n) is 11.9. The number of aliphatic carboxylic acids is 1. The van der Waals surface area contributed by atoms with Crippen LogP contribution in [0.2, 0.25) is 5.02 Å². The Morgan fingerprint density at radius 1 is 1.23 bits per heavy atom. The zero-order valence-corrected chi connectivity index (χ0v) is 32.0. The number of carbonyl (C=O) groups is 4. The van der Waals surface area contributed by atoms with Gasteiger partial charge in [-0.25, -0.2) is 4.57 Å². The fraction of sp³-hybridized carbons (Fsp3) is 0.300. The van der Waals surface area contributed by atoms with Gasteiger partial charge < -0.3 is 35.8 Å². The Bertz CT molecular complexity index is 2110. The van der Waals surface area contributed by atoms with E-state index in [0.717, 1.165) is 17.1 Å². The van der Waals surface area contributed by atoms with Gasteiger partial charge in [-0.15, -0.1) is 11.8 Å². The summed E-state index contributed by atoms with van der Waals surface area (Å²) in [4.78, 5) is 62.1. The van der Waals surface area contributed by atoms with Crippen LogP contribution in [-0.4, -0.2) is 85.9 Å². The normalized spacial score (nSPS) is 17.2. The Morgan fingerprint density at radius 3 is 2.60 bits per heavy atom. The number of fused-ring (bicyclic) bond motifs is 1. The first-order valence-corrected chi connectivity index (χ1v) is 17.1. The molecular weight excluding hydrogens is 751 g/mol. The second-order valence-corrected chi connectivity index (χ2v) is 14.1. The van der Waals surface area contributed by atoms with Gasteiger partial charge in [-0.3, -0.25) is 29.6 Å². The van der Waals surface area contributed by atoms with Gasteiger partial charge in [0.1, 0.15) is 0 Å². The molecule has 1 aromatic carbocycles. The molecule has 2 aliphatic rings. The molecule has 22 heteroatoms. The summed E-state index contributed by atoms with van der Waals surface area (Å²) in [6.45, 7) is 2.70. The number of hydrogen-bond acceptors (Lipinski definition) is 17. The SMILES string of the molecule is CC(C)(O/N=C(\C(=O)C[C@@H]1C(=O)N2C(c3nnn[n-]3)=C(C[n+]3ccc(CC(=O)c4ccc(O)c(O)c4Cl)cc3)CS[C@H]12)c1nsc(N)n1)C(=O)[O-].[Na+]. The average Bonchev–Trinajstić information content (AvgIpc) is 3.79. The molecule has 5 heterocycles. The summed E-state index contributed by atoms with van der Waals surface area (Å²) in [5, 5.41) is 49.2. The molecule has 0 unspecified atom stereocenters. The molecule has 2 atom stereocenters. The largest absolute Gasteiger partial charge is 1.00 e. The molecule has 1 amide bonds. The van der Waals surface area contributed by atoms with E-state index in [0.29, 0.717) is 23.6 Å². The minimum Gasteiger partial charge on any atom is -0.546 e. The first kappa shape index (κ1) is 38.8. The molecule has 6 rings (SSSR count). The number of halogens is 1.